The molecule has 0 saturated heterocycles. The molecule has 196 valence electrons. The van der Waals surface area contributed by atoms with Crippen molar-refractivity contribution < 1.29 is 19.0 Å². The molecule has 5 rings (SSSR count). The van der Waals surface area contributed by atoms with Crippen LogP contribution in [0.3, 0.4) is 0 Å². The Morgan fingerprint density at radius 2 is 1.64 bits per heavy atom. The number of anilines is 2. The summed E-state index contributed by atoms with van der Waals surface area (Å²) in [5, 5.41) is 7.55. The number of pyridine rings is 2. The number of nitrogens with zero attached hydrogens (tertiary/aromatic N) is 2. The van der Waals surface area contributed by atoms with Crippen molar-refractivity contribution in [1.29, 1.82) is 0 Å². The van der Waals surface area contributed by atoms with Gasteiger partial charge in [-0.2, -0.15) is 0 Å². The Morgan fingerprint density at radius 3 is 2.41 bits per heavy atom. The van der Waals surface area contributed by atoms with Crippen LogP contribution in [0.5, 0.6) is 23.0 Å². The van der Waals surface area contributed by atoms with Crippen molar-refractivity contribution in [1.82, 2.24) is 15.3 Å². The van der Waals surface area contributed by atoms with Crippen LogP contribution >= 0.6 is 11.6 Å². The summed E-state index contributed by atoms with van der Waals surface area (Å²) in [6, 6.07) is 23.6. The van der Waals surface area contributed by atoms with Crippen LogP contribution in [0.1, 0.15) is 15.9 Å². The fraction of sp³-hybridized carbons (Fsp3) is 0.100. The van der Waals surface area contributed by atoms with Crippen molar-refractivity contribution in [3.8, 4) is 23.0 Å². The van der Waals surface area contributed by atoms with E-state index < -0.39 is 0 Å². The normalized spacial score (nSPS) is 10.6. The van der Waals surface area contributed by atoms with Crippen molar-refractivity contribution in [2.24, 2.45) is 0 Å². The largest absolute Gasteiger partial charge is 0.493 e. The maximum absolute atomic E-state index is 12.9. The summed E-state index contributed by atoms with van der Waals surface area (Å²) >= 11 is 6.04. The summed E-state index contributed by atoms with van der Waals surface area (Å²) < 4.78 is 17.0. The zero-order valence-electron chi connectivity index (χ0n) is 21.3. The Morgan fingerprint density at radius 1 is 0.846 bits per heavy atom. The maximum Gasteiger partial charge on any atom is 0.255 e. The van der Waals surface area contributed by atoms with Gasteiger partial charge in [-0.25, -0.2) is 4.98 Å². The van der Waals surface area contributed by atoms with E-state index in [1.54, 1.807) is 50.9 Å². The van der Waals surface area contributed by atoms with E-state index in [9.17, 15) is 4.79 Å². The van der Waals surface area contributed by atoms with Crippen LogP contribution in [0.25, 0.3) is 10.9 Å². The van der Waals surface area contributed by atoms with Gasteiger partial charge in [-0.15, -0.1) is 0 Å². The van der Waals surface area contributed by atoms with Crippen molar-refractivity contribution in [3.05, 3.63) is 107 Å². The second-order valence-electron chi connectivity index (χ2n) is 8.50. The number of hydrogen-bond acceptors (Lipinski definition) is 7. The van der Waals surface area contributed by atoms with Gasteiger partial charge in [-0.05, 0) is 66.2 Å². The van der Waals surface area contributed by atoms with Gasteiger partial charge in [0.2, 0.25) is 0 Å². The van der Waals surface area contributed by atoms with Gasteiger partial charge in [0.05, 0.1) is 25.3 Å². The first-order chi connectivity index (χ1) is 19.0. The predicted octanol–water partition coefficient (Wildman–Crippen LogP) is 6.77. The van der Waals surface area contributed by atoms with Crippen molar-refractivity contribution in [2.75, 3.05) is 19.5 Å². The number of carbonyl (C=O) groups excluding carboxylic acids is 1. The Labute approximate surface area is 230 Å². The van der Waals surface area contributed by atoms with Gasteiger partial charge >= 0.3 is 0 Å². The molecule has 0 spiro atoms. The van der Waals surface area contributed by atoms with E-state index in [2.05, 4.69) is 20.6 Å². The Kier molecular flexibility index (Phi) is 7.75. The molecule has 0 fully saturated rings. The molecule has 0 aliphatic carbocycles. The number of fused-ring (bicyclic) bond motifs is 1. The molecule has 2 N–H and O–H groups in total. The number of aromatic nitrogens is 2. The minimum absolute atomic E-state index is 0.248. The summed E-state index contributed by atoms with van der Waals surface area (Å²) in [6.45, 7) is 0.349. The van der Waals surface area contributed by atoms with Gasteiger partial charge in [-0.1, -0.05) is 23.7 Å². The molecule has 8 nitrogen and oxygen atoms in total. The van der Waals surface area contributed by atoms with E-state index in [1.165, 1.54) is 0 Å². The number of benzene rings is 3. The van der Waals surface area contributed by atoms with Crippen LogP contribution in [0.15, 0.2) is 91.3 Å². The van der Waals surface area contributed by atoms with E-state index in [1.807, 2.05) is 54.6 Å². The molecule has 0 radical (unpaired) electrons. The van der Waals surface area contributed by atoms with Crippen LogP contribution in [0, 0.1) is 0 Å². The number of methoxy groups -OCH3 is 2. The number of hydrogen-bond donors (Lipinski definition) is 2. The van der Waals surface area contributed by atoms with Crippen LogP contribution in [-0.2, 0) is 6.54 Å². The van der Waals surface area contributed by atoms with Gasteiger partial charge < -0.3 is 24.8 Å². The van der Waals surface area contributed by atoms with Crippen LogP contribution < -0.4 is 24.8 Å². The van der Waals surface area contributed by atoms with Gasteiger partial charge in [0.25, 0.3) is 5.91 Å². The molecule has 1 amide bonds. The molecule has 0 unspecified atom stereocenters. The molecule has 0 saturated carbocycles. The Hall–Kier alpha value is -4.82. The Bertz CT molecular complexity index is 1630. The predicted molar refractivity (Wildman–Crippen MR) is 152 cm³/mol. The fourth-order valence-corrected chi connectivity index (χ4v) is 4.23. The van der Waals surface area contributed by atoms with Crippen LogP contribution in [-0.4, -0.2) is 30.1 Å². The van der Waals surface area contributed by atoms with Crippen LogP contribution in [0.4, 0.5) is 11.5 Å². The number of amides is 1. The highest BCUT2D eigenvalue weighted by atomic mass is 35.5. The molecule has 2 aromatic heterocycles. The minimum Gasteiger partial charge on any atom is -0.493 e. The summed E-state index contributed by atoms with van der Waals surface area (Å²) in [4.78, 5) is 21.7. The second-order valence-corrected chi connectivity index (χ2v) is 8.93. The average molecular weight is 541 g/mol. The number of rotatable bonds is 9. The molecule has 9 heteroatoms. The third-order valence-electron chi connectivity index (χ3n) is 5.95. The van der Waals surface area contributed by atoms with Gasteiger partial charge in [0.15, 0.2) is 11.5 Å². The summed E-state index contributed by atoms with van der Waals surface area (Å²) in [5.74, 6) is 2.63. The summed E-state index contributed by atoms with van der Waals surface area (Å²) in [5.41, 5.74) is 2.80. The van der Waals surface area contributed by atoms with E-state index >= 15 is 0 Å². The standard InChI is InChI=1S/C30H25ClN4O4/c1-37-27-16-24-25(17-28(27)38-2)32-14-12-26(24)39-22-10-8-21(9-11-22)35-29-23(7-4-13-33-29)30(36)34-18-19-5-3-6-20(31)15-19/h3-17H,18H2,1-2H3,(H,33,35)(H,34,36). The lowest BCUT2D eigenvalue weighted by Crippen LogP contribution is -2.24. The minimum atomic E-state index is -0.248. The summed E-state index contributed by atoms with van der Waals surface area (Å²) in [7, 11) is 3.17. The third-order valence-corrected chi connectivity index (χ3v) is 6.18. The molecule has 0 bridgehead atoms. The first kappa shape index (κ1) is 25.8. The number of carbonyl (C=O) groups is 1. The molecule has 2 heterocycles. The van der Waals surface area contributed by atoms with E-state index in [4.69, 9.17) is 25.8 Å². The zero-order valence-corrected chi connectivity index (χ0v) is 22.0. The average Bonchev–Trinajstić information content (AvgIpc) is 2.96. The molecule has 3 aromatic carbocycles. The van der Waals surface area contributed by atoms with E-state index in [-0.39, 0.29) is 5.91 Å². The number of halogens is 1. The highest BCUT2D eigenvalue weighted by molar-refractivity contribution is 6.30. The van der Waals surface area contributed by atoms with E-state index in [0.717, 1.165) is 22.2 Å². The topological polar surface area (TPSA) is 94.6 Å². The molecule has 5 aromatic rings. The zero-order chi connectivity index (χ0) is 27.2. The molecule has 0 aliphatic rings. The molecular weight excluding hydrogens is 516 g/mol. The molecule has 39 heavy (non-hydrogen) atoms. The fourth-order valence-electron chi connectivity index (χ4n) is 4.02. The first-order valence-electron chi connectivity index (χ1n) is 12.1. The molecule has 0 aliphatic heterocycles. The third kappa shape index (κ3) is 6.02. The van der Waals surface area contributed by atoms with Crippen molar-refractivity contribution in [3.63, 3.8) is 0 Å². The van der Waals surface area contributed by atoms with Gasteiger partial charge in [0.1, 0.15) is 17.3 Å². The number of nitrogens with one attached hydrogen (secondary N) is 2. The smallest absolute Gasteiger partial charge is 0.255 e. The number of ether oxygens (including phenoxy) is 3. The highest BCUT2D eigenvalue weighted by Gasteiger charge is 2.14. The van der Waals surface area contributed by atoms with E-state index in [0.29, 0.717) is 45.9 Å². The highest BCUT2D eigenvalue weighted by Crippen LogP contribution is 2.37. The van der Waals surface area contributed by atoms with Gasteiger partial charge in [0, 0.05) is 41.1 Å². The van der Waals surface area contributed by atoms with Crippen molar-refractivity contribution in [2.45, 2.75) is 6.54 Å². The van der Waals surface area contributed by atoms with Crippen LogP contribution in [0.2, 0.25) is 5.02 Å². The lowest BCUT2D eigenvalue weighted by molar-refractivity contribution is 0.0951. The first-order valence-corrected chi connectivity index (χ1v) is 12.4. The maximum atomic E-state index is 12.9. The quantitative estimate of drug-likeness (QED) is 0.213. The molecular formula is C30H25ClN4O4. The molecule has 0 atom stereocenters. The Balaban J connectivity index is 1.30. The van der Waals surface area contributed by atoms with Crippen molar-refractivity contribution >= 4 is 39.9 Å². The summed E-state index contributed by atoms with van der Waals surface area (Å²) in [6.07, 6.45) is 3.31. The second kappa shape index (κ2) is 11.7. The SMILES string of the molecule is COc1cc2nccc(Oc3ccc(Nc4ncccc4C(=O)NCc4cccc(Cl)c4)cc3)c2cc1OC. The lowest BCUT2D eigenvalue weighted by Gasteiger charge is -2.13. The van der Waals surface area contributed by atoms with Gasteiger partial charge in [-0.3, -0.25) is 9.78 Å². The monoisotopic (exact) mass is 540 g/mol. The lowest BCUT2D eigenvalue weighted by atomic mass is 10.2.